The van der Waals surface area contributed by atoms with Crippen molar-refractivity contribution >= 4 is 5.69 Å². The zero-order valence-corrected chi connectivity index (χ0v) is 14.3. The van der Waals surface area contributed by atoms with Crippen LogP contribution in [0.4, 0.5) is 10.1 Å². The van der Waals surface area contributed by atoms with Gasteiger partial charge in [0.25, 0.3) is 0 Å². The molecule has 120 valence electrons. The lowest BCUT2D eigenvalue weighted by Crippen LogP contribution is -2.38. The minimum atomic E-state index is -0.667. The van der Waals surface area contributed by atoms with Crippen molar-refractivity contribution in [3.63, 3.8) is 0 Å². The van der Waals surface area contributed by atoms with Crippen LogP contribution in [-0.2, 0) is 0 Å². The van der Waals surface area contributed by atoms with Crippen LogP contribution >= 0.6 is 0 Å². The van der Waals surface area contributed by atoms with Gasteiger partial charge in [0.15, 0.2) is 0 Å². The molecule has 0 aliphatic rings. The van der Waals surface area contributed by atoms with Crippen molar-refractivity contribution in [2.75, 3.05) is 11.4 Å². The number of benzene rings is 1. The topological polar surface area (TPSA) is 23.5 Å². The molecule has 0 heterocycles. The molecule has 21 heavy (non-hydrogen) atoms. The lowest BCUT2D eigenvalue weighted by molar-refractivity contribution is 0.199. The maximum absolute atomic E-state index is 13.9. The van der Waals surface area contributed by atoms with Crippen molar-refractivity contribution in [2.24, 2.45) is 5.92 Å². The van der Waals surface area contributed by atoms with Crippen LogP contribution in [0.2, 0.25) is 0 Å². The second-order valence-electron chi connectivity index (χ2n) is 6.35. The normalized spacial score (nSPS) is 13.0. The summed E-state index contributed by atoms with van der Waals surface area (Å²) in [6.45, 7) is 13.1. The van der Waals surface area contributed by atoms with Crippen LogP contribution in [0.25, 0.3) is 0 Å². The Labute approximate surface area is 129 Å². The van der Waals surface area contributed by atoms with Gasteiger partial charge in [0, 0.05) is 23.8 Å². The molecule has 1 aromatic rings. The maximum atomic E-state index is 13.9. The van der Waals surface area contributed by atoms with Crippen LogP contribution < -0.4 is 4.90 Å². The average Bonchev–Trinajstić information content (AvgIpc) is 2.41. The third-order valence-electron chi connectivity index (χ3n) is 4.01. The molecule has 1 aromatic carbocycles. The molecule has 0 aromatic heterocycles. The molecule has 0 radical (unpaired) electrons. The van der Waals surface area contributed by atoms with E-state index in [0.717, 1.165) is 25.1 Å². The second-order valence-corrected chi connectivity index (χ2v) is 6.35. The molecule has 1 unspecified atom stereocenters. The molecule has 1 rings (SSSR count). The number of halogens is 1. The maximum Gasteiger partial charge on any atom is 0.126 e. The Morgan fingerprint density at radius 2 is 1.71 bits per heavy atom. The first-order chi connectivity index (χ1) is 9.81. The van der Waals surface area contributed by atoms with Crippen LogP contribution in [0, 0.1) is 18.7 Å². The molecule has 3 heteroatoms. The highest BCUT2D eigenvalue weighted by molar-refractivity contribution is 5.57. The van der Waals surface area contributed by atoms with Crippen molar-refractivity contribution in [3.8, 4) is 0 Å². The van der Waals surface area contributed by atoms with Crippen molar-refractivity contribution < 1.29 is 9.50 Å². The van der Waals surface area contributed by atoms with E-state index in [-0.39, 0.29) is 5.82 Å². The summed E-state index contributed by atoms with van der Waals surface area (Å²) in [5, 5.41) is 10.0. The smallest absolute Gasteiger partial charge is 0.126 e. The fourth-order valence-electron chi connectivity index (χ4n) is 2.83. The summed E-state index contributed by atoms with van der Waals surface area (Å²) in [7, 11) is 0. The standard InChI is InChI=1S/C18H30FNO/c1-7-15(8-2)20(11-12(3)4)18-9-13(5)17(19)10-16(18)14(6)21/h9-10,12,14-15,21H,7-8,11H2,1-6H3. The van der Waals surface area contributed by atoms with Gasteiger partial charge in [0.1, 0.15) is 5.82 Å². The molecule has 0 spiro atoms. The molecule has 0 aliphatic carbocycles. The van der Waals surface area contributed by atoms with Crippen molar-refractivity contribution in [1.29, 1.82) is 0 Å². The summed E-state index contributed by atoms with van der Waals surface area (Å²) < 4.78 is 13.9. The Balaban J connectivity index is 3.37. The van der Waals surface area contributed by atoms with Crippen LogP contribution in [0.3, 0.4) is 0 Å². The number of nitrogens with zero attached hydrogens (tertiary/aromatic N) is 1. The van der Waals surface area contributed by atoms with Crippen molar-refractivity contribution in [2.45, 2.75) is 66.5 Å². The summed E-state index contributed by atoms with van der Waals surface area (Å²) in [6, 6.07) is 3.79. The summed E-state index contributed by atoms with van der Waals surface area (Å²) in [6.07, 6.45) is 1.41. The predicted octanol–water partition coefficient (Wildman–Crippen LogP) is 4.84. The number of aryl methyl sites for hydroxylation is 1. The van der Waals surface area contributed by atoms with E-state index in [1.165, 1.54) is 6.07 Å². The molecular weight excluding hydrogens is 265 g/mol. The number of anilines is 1. The van der Waals surface area contributed by atoms with Gasteiger partial charge < -0.3 is 10.0 Å². The summed E-state index contributed by atoms with van der Waals surface area (Å²) in [4.78, 5) is 2.35. The molecule has 0 saturated heterocycles. The van der Waals surface area contributed by atoms with Crippen LogP contribution in [-0.4, -0.2) is 17.7 Å². The Kier molecular flexibility index (Phi) is 6.66. The van der Waals surface area contributed by atoms with Gasteiger partial charge >= 0.3 is 0 Å². The van der Waals surface area contributed by atoms with Gasteiger partial charge in [-0.3, -0.25) is 0 Å². The molecule has 0 aliphatic heterocycles. The quantitative estimate of drug-likeness (QED) is 0.778. The Morgan fingerprint density at radius 1 is 1.14 bits per heavy atom. The number of hydrogen-bond donors (Lipinski definition) is 1. The first kappa shape index (κ1) is 18.0. The van der Waals surface area contributed by atoms with E-state index in [4.69, 9.17) is 0 Å². The van der Waals surface area contributed by atoms with E-state index in [9.17, 15) is 9.50 Å². The van der Waals surface area contributed by atoms with Gasteiger partial charge in [0.2, 0.25) is 0 Å². The van der Waals surface area contributed by atoms with Gasteiger partial charge in [-0.15, -0.1) is 0 Å². The van der Waals surface area contributed by atoms with E-state index in [1.807, 2.05) is 6.07 Å². The molecular formula is C18H30FNO. The van der Waals surface area contributed by atoms with E-state index >= 15 is 0 Å². The molecule has 0 amide bonds. The number of aliphatic hydroxyl groups is 1. The Hall–Kier alpha value is -1.09. The first-order valence-electron chi connectivity index (χ1n) is 8.06. The van der Waals surface area contributed by atoms with E-state index in [2.05, 4.69) is 32.6 Å². The average molecular weight is 295 g/mol. The SMILES string of the molecule is CCC(CC)N(CC(C)C)c1cc(C)c(F)cc1C(C)O. The molecule has 1 N–H and O–H groups in total. The van der Waals surface area contributed by atoms with E-state index in [1.54, 1.807) is 13.8 Å². The fourth-order valence-corrected chi connectivity index (χ4v) is 2.83. The van der Waals surface area contributed by atoms with Gasteiger partial charge in [0.05, 0.1) is 6.10 Å². The van der Waals surface area contributed by atoms with Gasteiger partial charge in [-0.25, -0.2) is 4.39 Å². The lowest BCUT2D eigenvalue weighted by atomic mass is 9.99. The molecule has 0 saturated carbocycles. The number of aliphatic hydroxyl groups excluding tert-OH is 1. The van der Waals surface area contributed by atoms with Crippen LogP contribution in [0.5, 0.6) is 0 Å². The van der Waals surface area contributed by atoms with Crippen LogP contribution in [0.1, 0.15) is 64.7 Å². The third-order valence-corrected chi connectivity index (χ3v) is 4.01. The second kappa shape index (κ2) is 7.79. The molecule has 1 atom stereocenters. The zero-order valence-electron chi connectivity index (χ0n) is 14.3. The van der Waals surface area contributed by atoms with Gasteiger partial charge in [-0.2, -0.15) is 0 Å². The summed E-state index contributed by atoms with van der Waals surface area (Å²) in [5.74, 6) is 0.265. The predicted molar refractivity (Wildman–Crippen MR) is 88.3 cm³/mol. The first-order valence-corrected chi connectivity index (χ1v) is 8.06. The summed E-state index contributed by atoms with van der Waals surface area (Å²) >= 11 is 0. The summed E-state index contributed by atoms with van der Waals surface area (Å²) in [5.41, 5.74) is 2.30. The lowest BCUT2D eigenvalue weighted by Gasteiger charge is -2.36. The Bertz CT molecular complexity index is 453. The van der Waals surface area contributed by atoms with Crippen molar-refractivity contribution in [1.82, 2.24) is 0 Å². The van der Waals surface area contributed by atoms with E-state index in [0.29, 0.717) is 23.1 Å². The minimum Gasteiger partial charge on any atom is -0.389 e. The van der Waals surface area contributed by atoms with Crippen molar-refractivity contribution in [3.05, 3.63) is 29.1 Å². The van der Waals surface area contributed by atoms with Gasteiger partial charge in [-0.05, 0) is 50.3 Å². The monoisotopic (exact) mass is 295 g/mol. The highest BCUT2D eigenvalue weighted by Gasteiger charge is 2.22. The molecule has 0 fully saturated rings. The fraction of sp³-hybridized carbons (Fsp3) is 0.667. The number of hydrogen-bond acceptors (Lipinski definition) is 2. The third kappa shape index (κ3) is 4.44. The molecule has 2 nitrogen and oxygen atoms in total. The largest absolute Gasteiger partial charge is 0.389 e. The Morgan fingerprint density at radius 3 is 2.14 bits per heavy atom. The van der Waals surface area contributed by atoms with E-state index < -0.39 is 6.10 Å². The molecule has 0 bridgehead atoms. The zero-order chi connectivity index (χ0) is 16.2. The number of rotatable bonds is 7. The highest BCUT2D eigenvalue weighted by Crippen LogP contribution is 2.32. The van der Waals surface area contributed by atoms with Gasteiger partial charge in [-0.1, -0.05) is 27.7 Å². The minimum absolute atomic E-state index is 0.247. The highest BCUT2D eigenvalue weighted by atomic mass is 19.1. The van der Waals surface area contributed by atoms with Crippen LogP contribution in [0.15, 0.2) is 12.1 Å².